The Hall–Kier alpha value is -4.00. The lowest BCUT2D eigenvalue weighted by Gasteiger charge is -2.31. The maximum Gasteiger partial charge on any atom is 0.424 e. The zero-order valence-electron chi connectivity index (χ0n) is 19.1. The van der Waals surface area contributed by atoms with E-state index in [9.17, 15) is 32.3 Å². The fourth-order valence-corrected chi connectivity index (χ4v) is 3.33. The molecule has 2 amide bonds. The van der Waals surface area contributed by atoms with Crippen LogP contribution in [0.4, 0.5) is 17.6 Å². The molecule has 36 heavy (non-hydrogen) atoms. The third-order valence-corrected chi connectivity index (χ3v) is 5.08. The number of aliphatic hydroxyl groups is 1. The first-order valence-electron chi connectivity index (χ1n) is 10.6. The second-order valence-corrected chi connectivity index (χ2v) is 7.79. The van der Waals surface area contributed by atoms with Crippen LogP contribution in [0.2, 0.25) is 0 Å². The van der Waals surface area contributed by atoms with E-state index in [0.29, 0.717) is 0 Å². The average Bonchev–Trinajstić information content (AvgIpc) is 3.24. The van der Waals surface area contributed by atoms with Gasteiger partial charge in [0.25, 0.3) is 5.91 Å². The highest BCUT2D eigenvalue weighted by Crippen LogP contribution is 2.42. The van der Waals surface area contributed by atoms with Crippen LogP contribution in [0.25, 0.3) is 11.3 Å². The number of pyridine rings is 1. The minimum absolute atomic E-state index is 0.0533. The van der Waals surface area contributed by atoms with E-state index in [0.717, 1.165) is 18.2 Å². The summed E-state index contributed by atoms with van der Waals surface area (Å²) in [5.74, 6) is -2.33. The van der Waals surface area contributed by atoms with Crippen molar-refractivity contribution in [2.75, 3.05) is 13.2 Å². The largest absolute Gasteiger partial charge is 0.491 e. The normalized spacial score (nSPS) is 13.2. The fraction of sp³-hybridized carbons (Fsp3) is 0.304. The molecule has 1 aromatic carbocycles. The van der Waals surface area contributed by atoms with Crippen LogP contribution in [0, 0.1) is 12.7 Å². The molecule has 2 aromatic heterocycles. The molecule has 192 valence electrons. The number of nitrogens with one attached hydrogen (secondary N) is 1. The van der Waals surface area contributed by atoms with Crippen molar-refractivity contribution in [2.24, 2.45) is 5.73 Å². The van der Waals surface area contributed by atoms with Crippen LogP contribution in [0.15, 0.2) is 40.9 Å². The Morgan fingerprint density at radius 1 is 1.19 bits per heavy atom. The van der Waals surface area contributed by atoms with Gasteiger partial charge >= 0.3 is 6.18 Å². The number of benzene rings is 1. The molecule has 0 saturated carbocycles. The monoisotopic (exact) mass is 510 g/mol. The number of carbonyl (C=O) groups excluding carboxylic acids is 2. The molecule has 0 fully saturated rings. The Bertz CT molecular complexity index is 1260. The Morgan fingerprint density at radius 2 is 1.86 bits per heavy atom. The number of hydrogen-bond acceptors (Lipinski definition) is 7. The zero-order chi connectivity index (χ0) is 26.7. The molecular formula is C23H22F4N4O5. The Kier molecular flexibility index (Phi) is 7.62. The van der Waals surface area contributed by atoms with Crippen LogP contribution in [0.5, 0.6) is 5.75 Å². The highest BCUT2D eigenvalue weighted by atomic mass is 19.4. The third-order valence-electron chi connectivity index (χ3n) is 5.08. The number of carbonyl (C=O) groups is 2. The van der Waals surface area contributed by atoms with Crippen LogP contribution in [-0.4, -0.2) is 46.4 Å². The number of primary amides is 1. The van der Waals surface area contributed by atoms with E-state index >= 15 is 0 Å². The molecule has 0 radical (unpaired) electrons. The van der Waals surface area contributed by atoms with Gasteiger partial charge in [0.2, 0.25) is 11.5 Å². The van der Waals surface area contributed by atoms with Crippen molar-refractivity contribution in [3.8, 4) is 17.0 Å². The number of ether oxygens (including phenoxy) is 1. The van der Waals surface area contributed by atoms with Gasteiger partial charge in [0.05, 0.1) is 25.3 Å². The van der Waals surface area contributed by atoms with E-state index in [-0.39, 0.29) is 40.6 Å². The molecule has 13 heteroatoms. The van der Waals surface area contributed by atoms with E-state index < -0.39 is 48.1 Å². The molecule has 0 bridgehead atoms. The predicted molar refractivity (Wildman–Crippen MR) is 117 cm³/mol. The summed E-state index contributed by atoms with van der Waals surface area (Å²) in [5.41, 5.74) is 0.228. The van der Waals surface area contributed by atoms with Crippen molar-refractivity contribution in [3.05, 3.63) is 64.9 Å². The number of alkyl halides is 3. The number of halogens is 4. The highest BCUT2D eigenvalue weighted by Gasteiger charge is 2.56. The topological polar surface area (TPSA) is 141 Å². The molecule has 3 aromatic rings. The van der Waals surface area contributed by atoms with Gasteiger partial charge in [-0.15, -0.1) is 0 Å². The quantitative estimate of drug-likeness (QED) is 0.376. The Balaban J connectivity index is 2.16. The van der Waals surface area contributed by atoms with E-state index in [4.69, 9.17) is 15.0 Å². The number of rotatable bonds is 9. The van der Waals surface area contributed by atoms with Crippen LogP contribution < -0.4 is 15.8 Å². The first-order valence-corrected chi connectivity index (χ1v) is 10.6. The first-order chi connectivity index (χ1) is 16.9. The summed E-state index contributed by atoms with van der Waals surface area (Å²) in [5, 5.41) is 16.3. The Morgan fingerprint density at radius 3 is 2.39 bits per heavy atom. The SMILES string of the molecule is CCOc1c(CC(N)=O)cc([C@@](O)(CNC(=O)c2cc(C)on2)C(F)(F)F)nc1-c1ccc(F)cc1. The molecule has 0 spiro atoms. The molecule has 0 aliphatic heterocycles. The van der Waals surface area contributed by atoms with Crippen molar-refractivity contribution >= 4 is 11.8 Å². The van der Waals surface area contributed by atoms with Crippen molar-refractivity contribution in [2.45, 2.75) is 32.0 Å². The summed E-state index contributed by atoms with van der Waals surface area (Å²) >= 11 is 0. The van der Waals surface area contributed by atoms with Gasteiger partial charge in [-0.2, -0.15) is 13.2 Å². The molecule has 3 rings (SSSR count). The van der Waals surface area contributed by atoms with E-state index in [1.54, 1.807) is 6.92 Å². The average molecular weight is 510 g/mol. The van der Waals surface area contributed by atoms with Crippen molar-refractivity contribution < 1.29 is 41.5 Å². The molecule has 1 atom stereocenters. The summed E-state index contributed by atoms with van der Waals surface area (Å²) in [4.78, 5) is 28.0. The number of aryl methyl sites for hydroxylation is 1. The molecule has 0 unspecified atom stereocenters. The summed E-state index contributed by atoms with van der Waals surface area (Å²) in [7, 11) is 0. The van der Waals surface area contributed by atoms with Crippen LogP contribution in [0.1, 0.15) is 34.4 Å². The maximum atomic E-state index is 14.2. The summed E-state index contributed by atoms with van der Waals surface area (Å²) in [6.45, 7) is 1.79. The summed E-state index contributed by atoms with van der Waals surface area (Å²) in [6.07, 6.45) is -5.87. The molecule has 0 aliphatic carbocycles. The summed E-state index contributed by atoms with van der Waals surface area (Å²) < 4.78 is 66.5. The first kappa shape index (κ1) is 26.6. The van der Waals surface area contributed by atoms with E-state index in [2.05, 4.69) is 10.1 Å². The fourth-order valence-electron chi connectivity index (χ4n) is 3.33. The molecule has 4 N–H and O–H groups in total. The predicted octanol–water partition coefficient (Wildman–Crippen LogP) is 2.79. The molecule has 0 saturated heterocycles. The van der Waals surface area contributed by atoms with E-state index in [1.165, 1.54) is 25.1 Å². The van der Waals surface area contributed by atoms with Gasteiger partial charge in [-0.05, 0) is 44.2 Å². The van der Waals surface area contributed by atoms with Crippen molar-refractivity contribution in [1.29, 1.82) is 0 Å². The van der Waals surface area contributed by atoms with Gasteiger partial charge in [0.15, 0.2) is 5.69 Å². The number of aromatic nitrogens is 2. The summed E-state index contributed by atoms with van der Waals surface area (Å²) in [6, 6.07) is 6.66. The van der Waals surface area contributed by atoms with Gasteiger partial charge < -0.3 is 25.4 Å². The minimum atomic E-state index is -5.33. The third kappa shape index (κ3) is 5.62. The number of amides is 2. The van der Waals surface area contributed by atoms with Crippen LogP contribution in [0.3, 0.4) is 0 Å². The van der Waals surface area contributed by atoms with Gasteiger partial charge in [0, 0.05) is 17.2 Å². The molecule has 0 aliphatic rings. The maximum absolute atomic E-state index is 14.2. The van der Waals surface area contributed by atoms with Gasteiger partial charge in [-0.1, -0.05) is 5.16 Å². The number of nitrogens with zero attached hydrogens (tertiary/aromatic N) is 2. The van der Waals surface area contributed by atoms with Gasteiger partial charge in [-0.25, -0.2) is 9.37 Å². The van der Waals surface area contributed by atoms with Crippen LogP contribution in [-0.2, 0) is 16.8 Å². The highest BCUT2D eigenvalue weighted by molar-refractivity contribution is 5.92. The van der Waals surface area contributed by atoms with Gasteiger partial charge in [0.1, 0.15) is 23.0 Å². The minimum Gasteiger partial charge on any atom is -0.491 e. The second kappa shape index (κ2) is 10.3. The standard InChI is InChI=1S/C23H22F4N4O5/c1-3-35-20-14(10-18(28)32)9-17(30-19(20)13-4-6-15(24)7-5-13)22(34,23(25,26)27)11-29-21(33)16-8-12(2)36-31-16/h4-9,34H,3,10-11H2,1-2H3,(H2,28,32)(H,29,33)/t22-/m0/s1. The molecular weight excluding hydrogens is 488 g/mol. The molecule has 9 nitrogen and oxygen atoms in total. The Labute approximate surface area is 202 Å². The smallest absolute Gasteiger partial charge is 0.424 e. The number of hydrogen-bond donors (Lipinski definition) is 3. The van der Waals surface area contributed by atoms with Crippen molar-refractivity contribution in [3.63, 3.8) is 0 Å². The van der Waals surface area contributed by atoms with Crippen LogP contribution >= 0.6 is 0 Å². The molecule has 2 heterocycles. The van der Waals surface area contributed by atoms with Gasteiger partial charge in [-0.3, -0.25) is 9.59 Å². The second-order valence-electron chi connectivity index (χ2n) is 7.79. The number of nitrogens with two attached hydrogens (primary N) is 1. The lowest BCUT2D eigenvalue weighted by molar-refractivity contribution is -0.265. The lowest BCUT2D eigenvalue weighted by Crippen LogP contribution is -2.51. The van der Waals surface area contributed by atoms with Crippen molar-refractivity contribution in [1.82, 2.24) is 15.5 Å². The zero-order valence-corrected chi connectivity index (χ0v) is 19.1. The lowest BCUT2D eigenvalue weighted by atomic mass is 9.93. The van der Waals surface area contributed by atoms with E-state index in [1.807, 2.05) is 5.32 Å².